The minimum absolute atomic E-state index is 0.248. The van der Waals surface area contributed by atoms with E-state index in [1.807, 2.05) is 177 Å². The van der Waals surface area contributed by atoms with Crippen molar-refractivity contribution in [2.24, 2.45) is 0 Å². The monoisotopic (exact) mass is 1160 g/mol. The number of nitrogens with one attached hydrogen (secondary N) is 6. The first-order valence-corrected chi connectivity index (χ1v) is 29.4. The number of aromatic nitrogens is 8. The number of hydrogen-bond acceptors (Lipinski definition) is 10. The Labute approximate surface area is 507 Å². The SMILES string of the molecule is Cc1ccc([C@@H](C)NC(=O)c2ccc3c(c2)-c2nc-3nc3[nH]c(nc4nc(nc5[nH]c(n2)c2ccc(C(=O)N[C@H](C)c6ccc(C)cc6)cc52)-c2ccc(C(=O)N[C@H](C)c5ccc(C)cc5)cc2-4)c2ccc(C(=O)N[C@H](C)c4ccc(C)cc4)cc32)cc1. The maximum absolute atomic E-state index is 14.2. The fourth-order valence-corrected chi connectivity index (χ4v) is 11.2. The van der Waals surface area contributed by atoms with Crippen LogP contribution in [0.15, 0.2) is 170 Å². The topological polar surface area (TPSA) is 225 Å². The Hall–Kier alpha value is -11.0. The number of rotatable bonds is 12. The lowest BCUT2D eigenvalue weighted by Gasteiger charge is -2.15. The van der Waals surface area contributed by atoms with E-state index in [1.54, 1.807) is 48.5 Å². The van der Waals surface area contributed by atoms with Gasteiger partial charge in [0.15, 0.2) is 23.3 Å². The van der Waals surface area contributed by atoms with Crippen molar-refractivity contribution in [2.75, 3.05) is 0 Å². The second-order valence-corrected chi connectivity index (χ2v) is 23.1. The zero-order chi connectivity index (χ0) is 61.1. The van der Waals surface area contributed by atoms with Crippen molar-refractivity contribution in [1.82, 2.24) is 61.1 Å². The molecule has 2 aliphatic rings. The Morgan fingerprint density at radius 2 is 0.545 bits per heavy atom. The van der Waals surface area contributed by atoms with Crippen molar-refractivity contribution in [3.05, 3.63) is 237 Å². The van der Waals surface area contributed by atoms with Crippen LogP contribution in [-0.2, 0) is 0 Å². The molecule has 88 heavy (non-hydrogen) atoms. The van der Waals surface area contributed by atoms with Crippen LogP contribution >= 0.6 is 0 Å². The fraction of sp³-hybridized carbons (Fsp3) is 0.167. The maximum atomic E-state index is 14.2. The van der Waals surface area contributed by atoms with Crippen molar-refractivity contribution in [3.8, 4) is 45.6 Å². The number of fused-ring (bicyclic) bond motifs is 20. The first kappa shape index (κ1) is 56.1. The second-order valence-electron chi connectivity index (χ2n) is 23.1. The van der Waals surface area contributed by atoms with E-state index in [2.05, 4.69) is 31.2 Å². The summed E-state index contributed by atoms with van der Waals surface area (Å²) in [5.74, 6) is -0.134. The van der Waals surface area contributed by atoms with Gasteiger partial charge in [0.05, 0.1) is 24.2 Å². The predicted molar refractivity (Wildman–Crippen MR) is 344 cm³/mol. The number of nitrogens with zero attached hydrogens (tertiary/aromatic N) is 6. The van der Waals surface area contributed by atoms with Crippen molar-refractivity contribution in [1.29, 1.82) is 0 Å². The van der Waals surface area contributed by atoms with Crippen molar-refractivity contribution >= 4 is 67.8 Å². The Kier molecular flexibility index (Phi) is 14.5. The molecule has 2 aliphatic heterocycles. The quantitative estimate of drug-likeness (QED) is 0.0678. The minimum atomic E-state index is -0.299. The summed E-state index contributed by atoms with van der Waals surface area (Å²) >= 11 is 0. The molecule has 5 heterocycles. The van der Waals surface area contributed by atoms with Crippen molar-refractivity contribution < 1.29 is 19.2 Å². The fourth-order valence-electron chi connectivity index (χ4n) is 11.2. The van der Waals surface area contributed by atoms with Crippen LogP contribution in [-0.4, -0.2) is 63.5 Å². The van der Waals surface area contributed by atoms with E-state index in [-0.39, 0.29) is 71.1 Å². The van der Waals surface area contributed by atoms with Gasteiger partial charge in [-0.1, -0.05) is 119 Å². The van der Waals surface area contributed by atoms with Gasteiger partial charge in [0.1, 0.15) is 22.6 Å². The highest BCUT2D eigenvalue weighted by Crippen LogP contribution is 2.39. The molecule has 0 aliphatic carbocycles. The third kappa shape index (κ3) is 11.0. The molecule has 6 N–H and O–H groups in total. The molecule has 0 fully saturated rings. The van der Waals surface area contributed by atoms with Gasteiger partial charge in [-0.05, 0) is 150 Å². The zero-order valence-corrected chi connectivity index (χ0v) is 49.8. The van der Waals surface area contributed by atoms with Crippen LogP contribution in [0.5, 0.6) is 0 Å². The average Bonchev–Trinajstić information content (AvgIpc) is 1.77. The van der Waals surface area contributed by atoms with Gasteiger partial charge in [0.2, 0.25) is 0 Å². The number of carbonyl (C=O) groups excluding carboxylic acids is 4. The van der Waals surface area contributed by atoms with Gasteiger partial charge in [-0.15, -0.1) is 0 Å². The molecule has 16 nitrogen and oxygen atoms in total. The van der Waals surface area contributed by atoms with Crippen LogP contribution in [0.1, 0.15) is 138 Å². The van der Waals surface area contributed by atoms with Gasteiger partial charge in [-0.3, -0.25) is 19.2 Å². The van der Waals surface area contributed by atoms with E-state index in [0.717, 1.165) is 44.5 Å². The highest BCUT2D eigenvalue weighted by Gasteiger charge is 2.27. The average molecular weight is 1160 g/mol. The first-order chi connectivity index (χ1) is 42.5. The lowest BCUT2D eigenvalue weighted by atomic mass is 10.0. The Morgan fingerprint density at radius 3 is 0.841 bits per heavy atom. The number of aromatic amines is 2. The van der Waals surface area contributed by atoms with Gasteiger partial charge < -0.3 is 31.2 Å². The Balaban J connectivity index is 1.01. The lowest BCUT2D eigenvalue weighted by Crippen LogP contribution is -2.26. The molecular formula is C72H62N12O4. The standard InChI is InChI=1S/C72H62N12O4/c1-37-9-17-45(18-10-37)41(5)73-69(85)49-25-29-53-57(33-49)65-77-61(53)82-66-59-35-51(71(87)75-43(7)47-21-13-39(3)14-22-47)27-31-55(59)63(79-66)84-68-60-36-52(72(88)76-44(8)48-23-15-40(4)16-24-48)28-32-56(60)64(80-68)83-67-58-34-50(26-30-54(58)62(78-67)81-65)70(86)74-42(6)46-19-11-38(2)12-20-46/h9-36,41-44H,1-8H3,(H,73,85)(H,74,86)(H,75,87)(H,76,88)(H2,77,78,79,80,81,82,83,84)/t41-,42-,43-,44-/m1/s1. The number of hydrogen-bond donors (Lipinski definition) is 6. The number of benzene rings is 8. The molecule has 0 unspecified atom stereocenters. The lowest BCUT2D eigenvalue weighted by molar-refractivity contribution is 0.0931. The molecule has 4 atom stereocenters. The van der Waals surface area contributed by atoms with Crippen molar-refractivity contribution in [2.45, 2.75) is 79.6 Å². The predicted octanol–water partition coefficient (Wildman–Crippen LogP) is 14.1. The summed E-state index contributed by atoms with van der Waals surface area (Å²) in [6, 6.07) is 52.3. The summed E-state index contributed by atoms with van der Waals surface area (Å²) in [6.45, 7) is 15.9. The summed E-state index contributed by atoms with van der Waals surface area (Å²) in [7, 11) is 0. The molecule has 3 aromatic heterocycles. The molecule has 0 saturated carbocycles. The van der Waals surface area contributed by atoms with E-state index >= 15 is 0 Å². The van der Waals surface area contributed by atoms with Gasteiger partial charge in [0.25, 0.3) is 23.6 Å². The molecule has 4 amide bonds. The van der Waals surface area contributed by atoms with Crippen molar-refractivity contribution in [3.63, 3.8) is 0 Å². The number of carbonyl (C=O) groups is 4. The first-order valence-electron chi connectivity index (χ1n) is 29.4. The smallest absolute Gasteiger partial charge is 0.251 e. The molecule has 0 spiro atoms. The Morgan fingerprint density at radius 1 is 0.295 bits per heavy atom. The highest BCUT2D eigenvalue weighted by atomic mass is 16.2. The second kappa shape index (κ2) is 22.8. The molecule has 434 valence electrons. The summed E-state index contributed by atoms with van der Waals surface area (Å²) in [4.78, 5) is 95.1. The van der Waals surface area contributed by atoms with Crippen LogP contribution in [0.2, 0.25) is 0 Å². The summed E-state index contributed by atoms with van der Waals surface area (Å²) in [6.07, 6.45) is 0. The largest absolute Gasteiger partial charge is 0.346 e. The molecule has 0 radical (unpaired) electrons. The number of aryl methyl sites for hydroxylation is 4. The van der Waals surface area contributed by atoms with E-state index in [4.69, 9.17) is 29.9 Å². The molecule has 13 rings (SSSR count). The molecule has 0 saturated heterocycles. The zero-order valence-electron chi connectivity index (χ0n) is 49.8. The molecule has 8 bridgehead atoms. The van der Waals surface area contributed by atoms with Crippen LogP contribution in [0.3, 0.4) is 0 Å². The van der Waals surface area contributed by atoms with Crippen LogP contribution in [0.4, 0.5) is 0 Å². The summed E-state index contributed by atoms with van der Waals surface area (Å²) in [5, 5.41) is 15.0. The van der Waals surface area contributed by atoms with Gasteiger partial charge in [0, 0.05) is 66.1 Å². The molecule has 16 heteroatoms. The third-order valence-corrected chi connectivity index (χ3v) is 16.6. The number of amides is 4. The van der Waals surface area contributed by atoms with Crippen LogP contribution < -0.4 is 21.3 Å². The van der Waals surface area contributed by atoms with Gasteiger partial charge in [-0.2, -0.15) is 0 Å². The van der Waals surface area contributed by atoms with E-state index in [9.17, 15) is 19.2 Å². The Bertz CT molecular complexity index is 4520. The highest BCUT2D eigenvalue weighted by molar-refractivity contribution is 6.11. The van der Waals surface area contributed by atoms with Gasteiger partial charge in [-0.25, -0.2) is 29.9 Å². The molecule has 8 aromatic carbocycles. The van der Waals surface area contributed by atoms with E-state index < -0.39 is 0 Å². The van der Waals surface area contributed by atoms with Crippen LogP contribution in [0, 0.1) is 27.7 Å². The minimum Gasteiger partial charge on any atom is -0.346 e. The maximum Gasteiger partial charge on any atom is 0.251 e. The summed E-state index contributed by atoms with van der Waals surface area (Å²) < 4.78 is 0. The van der Waals surface area contributed by atoms with Crippen LogP contribution in [0.25, 0.3) is 89.7 Å². The van der Waals surface area contributed by atoms with Gasteiger partial charge >= 0.3 is 0 Å². The normalized spacial score (nSPS) is 13.0. The molecular weight excluding hydrogens is 1100 g/mol. The third-order valence-electron chi connectivity index (χ3n) is 16.6. The molecule has 11 aromatic rings. The van der Waals surface area contributed by atoms with E-state index in [0.29, 0.717) is 88.6 Å². The number of H-pyrrole nitrogens is 2. The van der Waals surface area contributed by atoms with E-state index in [1.165, 1.54) is 0 Å². The summed E-state index contributed by atoms with van der Waals surface area (Å²) in [5.41, 5.74) is 13.5.